The van der Waals surface area contributed by atoms with Crippen LogP contribution in [-0.4, -0.2) is 37.1 Å². The van der Waals surface area contributed by atoms with Crippen LogP contribution in [0.2, 0.25) is 0 Å². The van der Waals surface area contributed by atoms with Gasteiger partial charge in [0.1, 0.15) is 0 Å². The molecule has 1 saturated carbocycles. The first-order valence-electron chi connectivity index (χ1n) is 8.39. The highest BCUT2D eigenvalue weighted by molar-refractivity contribution is 4.91. The van der Waals surface area contributed by atoms with Crippen LogP contribution in [0.5, 0.6) is 0 Å². The zero-order valence-electron chi connectivity index (χ0n) is 14.1. The Morgan fingerprint density at radius 3 is 2.37 bits per heavy atom. The van der Waals surface area contributed by atoms with Gasteiger partial charge in [0, 0.05) is 18.6 Å². The average molecular weight is 268 g/mol. The minimum absolute atomic E-state index is 0.707. The predicted molar refractivity (Wildman–Crippen MR) is 85.5 cm³/mol. The quantitative estimate of drug-likeness (QED) is 0.756. The topological polar surface area (TPSA) is 15.3 Å². The standard InChI is InChI=1S/C17H36N2/c1-7-10-18-16-9-8-15(14(4)5)11-17(16)19(6)12-13(2)3/h13-18H,7-12H2,1-6H3. The Morgan fingerprint density at radius 2 is 1.84 bits per heavy atom. The van der Waals surface area contributed by atoms with Gasteiger partial charge < -0.3 is 10.2 Å². The number of hydrogen-bond acceptors (Lipinski definition) is 2. The molecule has 0 saturated heterocycles. The molecule has 0 heterocycles. The third-order valence-electron chi connectivity index (χ3n) is 4.68. The zero-order valence-corrected chi connectivity index (χ0v) is 14.1. The molecular weight excluding hydrogens is 232 g/mol. The van der Waals surface area contributed by atoms with E-state index in [0.717, 1.165) is 23.8 Å². The molecule has 0 aliphatic heterocycles. The first-order valence-corrected chi connectivity index (χ1v) is 8.39. The van der Waals surface area contributed by atoms with E-state index in [0.29, 0.717) is 6.04 Å². The van der Waals surface area contributed by atoms with Gasteiger partial charge >= 0.3 is 0 Å². The number of likely N-dealkylation sites (N-methyl/N-ethyl adjacent to an activating group) is 1. The summed E-state index contributed by atoms with van der Waals surface area (Å²) in [4.78, 5) is 2.62. The molecule has 0 spiro atoms. The largest absolute Gasteiger partial charge is 0.312 e. The van der Waals surface area contributed by atoms with Crippen LogP contribution in [0.15, 0.2) is 0 Å². The molecule has 1 N–H and O–H groups in total. The Hall–Kier alpha value is -0.0800. The van der Waals surface area contributed by atoms with E-state index in [-0.39, 0.29) is 0 Å². The van der Waals surface area contributed by atoms with Crippen LogP contribution in [0.4, 0.5) is 0 Å². The van der Waals surface area contributed by atoms with E-state index in [4.69, 9.17) is 0 Å². The number of rotatable bonds is 7. The van der Waals surface area contributed by atoms with E-state index in [1.54, 1.807) is 0 Å². The molecule has 1 rings (SSSR count). The lowest BCUT2D eigenvalue weighted by Crippen LogP contribution is -2.53. The number of nitrogens with one attached hydrogen (secondary N) is 1. The summed E-state index contributed by atoms with van der Waals surface area (Å²) in [6, 6.07) is 1.44. The van der Waals surface area contributed by atoms with Gasteiger partial charge in [-0.2, -0.15) is 0 Å². The number of hydrogen-bond donors (Lipinski definition) is 1. The molecule has 2 heteroatoms. The van der Waals surface area contributed by atoms with Gasteiger partial charge in [-0.25, -0.2) is 0 Å². The van der Waals surface area contributed by atoms with Crippen LogP contribution < -0.4 is 5.32 Å². The van der Waals surface area contributed by atoms with Gasteiger partial charge in [0.2, 0.25) is 0 Å². The van der Waals surface area contributed by atoms with E-state index >= 15 is 0 Å². The fraction of sp³-hybridized carbons (Fsp3) is 1.00. The Morgan fingerprint density at radius 1 is 1.16 bits per heavy atom. The Balaban J connectivity index is 2.64. The van der Waals surface area contributed by atoms with Crippen LogP contribution in [0.3, 0.4) is 0 Å². The van der Waals surface area contributed by atoms with Crippen LogP contribution in [-0.2, 0) is 0 Å². The molecule has 0 bridgehead atoms. The van der Waals surface area contributed by atoms with Crippen LogP contribution in [0.25, 0.3) is 0 Å². The SMILES string of the molecule is CCCNC1CCC(C(C)C)CC1N(C)CC(C)C. The van der Waals surface area contributed by atoms with Crippen molar-refractivity contribution in [2.75, 3.05) is 20.1 Å². The third kappa shape index (κ3) is 5.43. The molecule has 0 aromatic carbocycles. The van der Waals surface area contributed by atoms with Gasteiger partial charge in [0.15, 0.2) is 0 Å². The van der Waals surface area contributed by atoms with Crippen molar-refractivity contribution in [3.05, 3.63) is 0 Å². The van der Waals surface area contributed by atoms with Gasteiger partial charge in [0.05, 0.1) is 0 Å². The van der Waals surface area contributed by atoms with E-state index in [1.807, 2.05) is 0 Å². The molecule has 1 fully saturated rings. The van der Waals surface area contributed by atoms with Crippen LogP contribution in [0, 0.1) is 17.8 Å². The second kappa shape index (κ2) is 8.26. The maximum Gasteiger partial charge on any atom is 0.0249 e. The molecule has 114 valence electrons. The molecule has 2 nitrogen and oxygen atoms in total. The highest BCUT2D eigenvalue weighted by Crippen LogP contribution is 2.32. The monoisotopic (exact) mass is 268 g/mol. The van der Waals surface area contributed by atoms with Crippen molar-refractivity contribution in [1.82, 2.24) is 10.2 Å². The minimum Gasteiger partial charge on any atom is -0.312 e. The van der Waals surface area contributed by atoms with Gasteiger partial charge in [0.25, 0.3) is 0 Å². The molecular formula is C17H36N2. The zero-order chi connectivity index (χ0) is 14.4. The fourth-order valence-corrected chi connectivity index (χ4v) is 3.55. The molecule has 1 aliphatic carbocycles. The molecule has 0 amide bonds. The molecule has 0 aromatic rings. The molecule has 3 unspecified atom stereocenters. The average Bonchev–Trinajstić information content (AvgIpc) is 2.35. The van der Waals surface area contributed by atoms with E-state index in [1.165, 1.54) is 38.8 Å². The fourth-order valence-electron chi connectivity index (χ4n) is 3.55. The summed E-state index contributed by atoms with van der Waals surface area (Å²) < 4.78 is 0. The molecule has 19 heavy (non-hydrogen) atoms. The Bertz CT molecular complexity index is 237. The van der Waals surface area contributed by atoms with E-state index in [2.05, 4.69) is 51.9 Å². The molecule has 3 atom stereocenters. The van der Waals surface area contributed by atoms with Crippen molar-refractivity contribution >= 4 is 0 Å². The summed E-state index contributed by atoms with van der Waals surface area (Å²) in [5.41, 5.74) is 0. The molecule has 1 aliphatic rings. The normalized spacial score (nSPS) is 28.6. The van der Waals surface area contributed by atoms with Crippen LogP contribution in [0.1, 0.15) is 60.3 Å². The first kappa shape index (κ1) is 17.0. The third-order valence-corrected chi connectivity index (χ3v) is 4.68. The van der Waals surface area contributed by atoms with Gasteiger partial charge in [-0.1, -0.05) is 34.6 Å². The van der Waals surface area contributed by atoms with Crippen molar-refractivity contribution in [3.63, 3.8) is 0 Å². The Labute approximate surface area is 121 Å². The highest BCUT2D eigenvalue weighted by Gasteiger charge is 2.33. The Kier molecular flexibility index (Phi) is 7.38. The number of nitrogens with zero attached hydrogens (tertiary/aromatic N) is 1. The smallest absolute Gasteiger partial charge is 0.0249 e. The predicted octanol–water partition coefficient (Wildman–Crippen LogP) is 3.77. The summed E-state index contributed by atoms with van der Waals surface area (Å²) in [5.74, 6) is 2.51. The summed E-state index contributed by atoms with van der Waals surface area (Å²) in [5, 5.41) is 3.79. The summed E-state index contributed by atoms with van der Waals surface area (Å²) in [7, 11) is 2.33. The van der Waals surface area contributed by atoms with Crippen LogP contribution >= 0.6 is 0 Å². The van der Waals surface area contributed by atoms with Crippen molar-refractivity contribution in [3.8, 4) is 0 Å². The molecule has 0 radical (unpaired) electrons. The summed E-state index contributed by atoms with van der Waals surface area (Å²) >= 11 is 0. The second-order valence-corrected chi connectivity index (χ2v) is 7.28. The van der Waals surface area contributed by atoms with Gasteiger partial charge in [-0.05, 0) is 57.0 Å². The first-order chi connectivity index (χ1) is 8.95. The summed E-state index contributed by atoms with van der Waals surface area (Å²) in [6.07, 6.45) is 5.38. The van der Waals surface area contributed by atoms with E-state index < -0.39 is 0 Å². The summed E-state index contributed by atoms with van der Waals surface area (Å²) in [6.45, 7) is 14.1. The maximum atomic E-state index is 3.79. The van der Waals surface area contributed by atoms with E-state index in [9.17, 15) is 0 Å². The minimum atomic E-state index is 0.707. The second-order valence-electron chi connectivity index (χ2n) is 7.28. The van der Waals surface area contributed by atoms with Gasteiger partial charge in [-0.3, -0.25) is 0 Å². The van der Waals surface area contributed by atoms with Crippen molar-refractivity contribution in [1.29, 1.82) is 0 Å². The van der Waals surface area contributed by atoms with Crippen molar-refractivity contribution in [2.24, 2.45) is 17.8 Å². The van der Waals surface area contributed by atoms with Crippen molar-refractivity contribution in [2.45, 2.75) is 72.4 Å². The molecule has 0 aromatic heterocycles. The lowest BCUT2D eigenvalue weighted by molar-refractivity contribution is 0.0941. The lowest BCUT2D eigenvalue weighted by atomic mass is 9.76. The maximum absolute atomic E-state index is 3.79. The lowest BCUT2D eigenvalue weighted by Gasteiger charge is -2.43. The highest BCUT2D eigenvalue weighted by atomic mass is 15.2. The van der Waals surface area contributed by atoms with Crippen molar-refractivity contribution < 1.29 is 0 Å². The van der Waals surface area contributed by atoms with Gasteiger partial charge in [-0.15, -0.1) is 0 Å².